The Morgan fingerprint density at radius 1 is 0.312 bits per heavy atom. The van der Waals surface area contributed by atoms with Crippen molar-refractivity contribution in [3.05, 3.63) is 0 Å². The first kappa shape index (κ1) is 91.1. The largest absolute Gasteiger partial charge is 0.472 e. The average molecular weight is 1370 g/mol. The molecule has 0 amide bonds. The second-order valence-corrected chi connectivity index (χ2v) is 30.8. The average Bonchev–Trinajstić information content (AvgIpc) is 1.67. The number of rotatable bonds is 72. The third-order valence-electron chi connectivity index (χ3n) is 17.5. The van der Waals surface area contributed by atoms with Gasteiger partial charge < -0.3 is 33.8 Å². The Kier molecular flexibility index (Phi) is 63.4. The van der Waals surface area contributed by atoms with Gasteiger partial charge in [-0.25, -0.2) is 9.13 Å². The molecular formula is C74H144O17P2. The minimum absolute atomic E-state index is 0.102. The van der Waals surface area contributed by atoms with E-state index in [0.29, 0.717) is 37.5 Å². The predicted molar refractivity (Wildman–Crippen MR) is 377 cm³/mol. The molecule has 0 saturated carbocycles. The zero-order valence-corrected chi connectivity index (χ0v) is 62.5. The van der Waals surface area contributed by atoms with Crippen molar-refractivity contribution in [2.75, 3.05) is 39.6 Å². The second kappa shape index (κ2) is 64.7. The van der Waals surface area contributed by atoms with Crippen molar-refractivity contribution < 1.29 is 80.2 Å². The smallest absolute Gasteiger partial charge is 0.462 e. The Morgan fingerprint density at radius 3 is 0.817 bits per heavy atom. The molecule has 0 aliphatic rings. The number of unbranched alkanes of at least 4 members (excludes halogenated alkanes) is 39. The van der Waals surface area contributed by atoms with Crippen LogP contribution in [0.4, 0.5) is 0 Å². The lowest BCUT2D eigenvalue weighted by Crippen LogP contribution is -2.30. The molecule has 3 N–H and O–H groups in total. The SMILES string of the molecule is CCCCCCCCCCCCCCCCCCC(=O)OC[C@H](COP(=O)(O)OC[C@@H](O)COP(=O)(O)OC[C@@H](COC(=O)CCCCCCCCC(C)C)OC(=O)CCCCCCCCCC(C)C)OC(=O)CCCCCCCCCCCCCCCCC(C)CC. The first-order valence-corrected chi connectivity index (χ1v) is 41.4. The van der Waals surface area contributed by atoms with Crippen LogP contribution >= 0.6 is 15.6 Å². The van der Waals surface area contributed by atoms with Crippen LogP contribution in [0.1, 0.15) is 376 Å². The van der Waals surface area contributed by atoms with Gasteiger partial charge in [0.15, 0.2) is 12.2 Å². The summed E-state index contributed by atoms with van der Waals surface area (Å²) in [6.45, 7) is 11.8. The summed E-state index contributed by atoms with van der Waals surface area (Å²) in [5.74, 6) is 0.0964. The van der Waals surface area contributed by atoms with Gasteiger partial charge in [-0.3, -0.25) is 37.3 Å². The number of carbonyl (C=O) groups is 4. The lowest BCUT2D eigenvalue weighted by molar-refractivity contribution is -0.161. The maximum absolute atomic E-state index is 13.1. The van der Waals surface area contributed by atoms with Crippen LogP contribution in [0.3, 0.4) is 0 Å². The molecule has 0 aliphatic heterocycles. The molecule has 0 aromatic carbocycles. The zero-order valence-electron chi connectivity index (χ0n) is 60.7. The lowest BCUT2D eigenvalue weighted by Gasteiger charge is -2.21. The van der Waals surface area contributed by atoms with Crippen molar-refractivity contribution in [2.24, 2.45) is 17.8 Å². The Labute approximate surface area is 568 Å². The molecule has 19 heteroatoms. The van der Waals surface area contributed by atoms with Gasteiger partial charge in [-0.05, 0) is 43.4 Å². The summed E-state index contributed by atoms with van der Waals surface area (Å²) in [6.07, 6.45) is 50.2. The highest BCUT2D eigenvalue weighted by molar-refractivity contribution is 7.47. The second-order valence-electron chi connectivity index (χ2n) is 27.9. The van der Waals surface area contributed by atoms with Gasteiger partial charge in [0.25, 0.3) is 0 Å². The van der Waals surface area contributed by atoms with Crippen LogP contribution in [-0.4, -0.2) is 96.7 Å². The number of ether oxygens (including phenoxy) is 4. The molecule has 0 heterocycles. The van der Waals surface area contributed by atoms with Crippen LogP contribution in [0.5, 0.6) is 0 Å². The molecule has 0 radical (unpaired) electrons. The van der Waals surface area contributed by atoms with Gasteiger partial charge in [-0.2, -0.15) is 0 Å². The third-order valence-corrected chi connectivity index (χ3v) is 19.4. The van der Waals surface area contributed by atoms with E-state index in [2.05, 4.69) is 48.5 Å². The van der Waals surface area contributed by atoms with Gasteiger partial charge in [-0.15, -0.1) is 0 Å². The topological polar surface area (TPSA) is 237 Å². The lowest BCUT2D eigenvalue weighted by atomic mass is 9.99. The summed E-state index contributed by atoms with van der Waals surface area (Å²) in [5.41, 5.74) is 0. The number of phosphoric ester groups is 2. The molecule has 17 nitrogen and oxygen atoms in total. The highest BCUT2D eigenvalue weighted by Crippen LogP contribution is 2.45. The van der Waals surface area contributed by atoms with E-state index in [1.165, 1.54) is 180 Å². The number of esters is 4. The van der Waals surface area contributed by atoms with E-state index in [4.69, 9.17) is 37.0 Å². The van der Waals surface area contributed by atoms with Gasteiger partial charge in [0.05, 0.1) is 26.4 Å². The summed E-state index contributed by atoms with van der Waals surface area (Å²) in [6, 6.07) is 0. The first-order chi connectivity index (χ1) is 44.8. The Hall–Kier alpha value is -1.94. The van der Waals surface area contributed by atoms with Crippen molar-refractivity contribution in [3.63, 3.8) is 0 Å². The molecule has 0 spiro atoms. The molecule has 0 aromatic heterocycles. The predicted octanol–water partition coefficient (Wildman–Crippen LogP) is 21.4. The summed E-state index contributed by atoms with van der Waals surface area (Å²) in [4.78, 5) is 72.6. The van der Waals surface area contributed by atoms with Gasteiger partial charge >= 0.3 is 39.5 Å². The molecule has 6 atom stereocenters. The maximum atomic E-state index is 13.1. The van der Waals surface area contributed by atoms with E-state index in [0.717, 1.165) is 102 Å². The van der Waals surface area contributed by atoms with Crippen LogP contribution in [0, 0.1) is 17.8 Å². The summed E-state index contributed by atoms with van der Waals surface area (Å²) in [5, 5.41) is 10.6. The number of hydrogen-bond acceptors (Lipinski definition) is 15. The minimum atomic E-state index is -4.96. The quantitative estimate of drug-likeness (QED) is 0.0222. The molecular weight excluding hydrogens is 1220 g/mol. The van der Waals surface area contributed by atoms with E-state index in [1.807, 2.05) is 0 Å². The molecule has 93 heavy (non-hydrogen) atoms. The van der Waals surface area contributed by atoms with Gasteiger partial charge in [-0.1, -0.05) is 325 Å². The Morgan fingerprint density at radius 2 is 0.548 bits per heavy atom. The first-order valence-electron chi connectivity index (χ1n) is 38.4. The summed E-state index contributed by atoms with van der Waals surface area (Å²) >= 11 is 0. The molecule has 0 fully saturated rings. The highest BCUT2D eigenvalue weighted by Gasteiger charge is 2.30. The van der Waals surface area contributed by atoms with Gasteiger partial charge in [0.2, 0.25) is 0 Å². The van der Waals surface area contributed by atoms with Crippen LogP contribution in [-0.2, 0) is 65.4 Å². The van der Waals surface area contributed by atoms with Crippen molar-refractivity contribution in [1.29, 1.82) is 0 Å². The van der Waals surface area contributed by atoms with Crippen LogP contribution in [0.15, 0.2) is 0 Å². The minimum Gasteiger partial charge on any atom is -0.462 e. The molecule has 0 bridgehead atoms. The Balaban J connectivity index is 5.22. The summed E-state index contributed by atoms with van der Waals surface area (Å²) in [7, 11) is -9.91. The van der Waals surface area contributed by atoms with Gasteiger partial charge in [0, 0.05) is 25.7 Å². The number of aliphatic hydroxyl groups is 1. The highest BCUT2D eigenvalue weighted by atomic mass is 31.2. The van der Waals surface area contributed by atoms with E-state index >= 15 is 0 Å². The van der Waals surface area contributed by atoms with E-state index in [9.17, 15) is 43.2 Å². The van der Waals surface area contributed by atoms with E-state index < -0.39 is 97.5 Å². The monoisotopic (exact) mass is 1370 g/mol. The standard InChI is InChI=1S/C74H144O17P2/c1-8-10-11-12-13-14-15-16-17-18-22-25-28-33-41-48-55-71(76)84-61-69(90-73(78)57-50-43-34-29-26-23-20-19-21-24-27-32-40-47-54-67(7)9-2)63-88-92(80,81)86-59-68(75)60-87-93(82,83)89-64-70(62-85-72(77)56-49-42-37-36-39-46-53-66(5)6)91-74(79)58-51-44-35-30-31-38-45-52-65(3)4/h65-70,75H,8-64H2,1-7H3,(H,80,81)(H,82,83)/t67?,68-,69-,70-/m1/s1. The van der Waals surface area contributed by atoms with Crippen molar-refractivity contribution >= 4 is 39.5 Å². The Bertz CT molecular complexity index is 1820. The molecule has 0 saturated heterocycles. The fourth-order valence-electron chi connectivity index (χ4n) is 11.2. The fourth-order valence-corrected chi connectivity index (χ4v) is 12.8. The molecule has 3 unspecified atom stereocenters. The van der Waals surface area contributed by atoms with Crippen LogP contribution in [0.2, 0.25) is 0 Å². The zero-order chi connectivity index (χ0) is 68.7. The fraction of sp³-hybridized carbons (Fsp3) is 0.946. The normalized spacial score (nSPS) is 14.4. The third kappa shape index (κ3) is 67.0. The van der Waals surface area contributed by atoms with E-state index in [-0.39, 0.29) is 25.7 Å². The number of phosphoric acid groups is 2. The number of hydrogen-bond donors (Lipinski definition) is 3. The molecule has 0 aromatic rings. The van der Waals surface area contributed by atoms with Crippen molar-refractivity contribution in [2.45, 2.75) is 394 Å². The van der Waals surface area contributed by atoms with Crippen LogP contribution < -0.4 is 0 Å². The molecule has 552 valence electrons. The maximum Gasteiger partial charge on any atom is 0.472 e. The number of carbonyl (C=O) groups excluding carboxylic acids is 4. The van der Waals surface area contributed by atoms with Crippen molar-refractivity contribution in [1.82, 2.24) is 0 Å². The van der Waals surface area contributed by atoms with Crippen molar-refractivity contribution in [3.8, 4) is 0 Å². The molecule has 0 rings (SSSR count). The summed E-state index contributed by atoms with van der Waals surface area (Å²) < 4.78 is 68.4. The molecule has 0 aliphatic carbocycles. The van der Waals surface area contributed by atoms with E-state index in [1.54, 1.807) is 0 Å². The van der Waals surface area contributed by atoms with Crippen LogP contribution in [0.25, 0.3) is 0 Å². The number of aliphatic hydroxyl groups excluding tert-OH is 1. The van der Waals surface area contributed by atoms with Gasteiger partial charge in [0.1, 0.15) is 19.3 Å².